The van der Waals surface area contributed by atoms with Crippen LogP contribution in [0.1, 0.15) is 23.2 Å². The van der Waals surface area contributed by atoms with Crippen molar-refractivity contribution in [3.05, 3.63) is 20.3 Å². The van der Waals surface area contributed by atoms with Gasteiger partial charge in [0.2, 0.25) is 5.91 Å². The third kappa shape index (κ3) is 5.10. The fourth-order valence-corrected chi connectivity index (χ4v) is 2.98. The molecule has 0 saturated carbocycles. The Balaban J connectivity index is 2.46. The fraction of sp³-hybridized carbons (Fsp3) is 0.500. The lowest BCUT2D eigenvalue weighted by molar-refractivity contribution is -0.129. The van der Waals surface area contributed by atoms with Crippen LogP contribution < -0.4 is 5.32 Å². The molecule has 0 saturated heterocycles. The maximum absolute atomic E-state index is 11.9. The number of hydrogen-bond donors (Lipinski definition) is 1. The molecular formula is C12H16Cl2N2O2S. The van der Waals surface area contributed by atoms with Crippen LogP contribution in [0.25, 0.3) is 0 Å². The van der Waals surface area contributed by atoms with Crippen LogP contribution in [0.3, 0.4) is 0 Å². The van der Waals surface area contributed by atoms with E-state index in [4.69, 9.17) is 23.2 Å². The zero-order valence-electron chi connectivity index (χ0n) is 10.8. The molecule has 0 fully saturated rings. The standard InChI is InChI=1S/C12H16Cl2N2O2S/c1-15-5-6-16(2)11(18)4-3-9(17)8-7-10(13)19-12(8)14/h7,15H,3-6H2,1-2H3. The van der Waals surface area contributed by atoms with Gasteiger partial charge in [-0.2, -0.15) is 0 Å². The third-order valence-corrected chi connectivity index (χ3v) is 4.13. The molecule has 1 rings (SSSR count). The Bertz CT molecular complexity index is 463. The SMILES string of the molecule is CNCCN(C)C(=O)CCC(=O)c1cc(Cl)sc1Cl. The van der Waals surface area contributed by atoms with Gasteiger partial charge < -0.3 is 10.2 Å². The first kappa shape index (κ1) is 16.4. The van der Waals surface area contributed by atoms with Crippen molar-refractivity contribution in [1.29, 1.82) is 0 Å². The van der Waals surface area contributed by atoms with Gasteiger partial charge in [-0.1, -0.05) is 23.2 Å². The zero-order valence-corrected chi connectivity index (χ0v) is 13.2. The van der Waals surface area contributed by atoms with Gasteiger partial charge in [0.1, 0.15) is 4.34 Å². The molecule has 106 valence electrons. The Kier molecular flexibility index (Phi) is 6.79. The predicted octanol–water partition coefficient (Wildman–Crippen LogP) is 2.70. The van der Waals surface area contributed by atoms with Crippen molar-refractivity contribution in [2.24, 2.45) is 0 Å². The van der Waals surface area contributed by atoms with Crippen LogP contribution in [0.2, 0.25) is 8.67 Å². The molecule has 19 heavy (non-hydrogen) atoms. The molecule has 7 heteroatoms. The minimum atomic E-state index is -0.150. The van der Waals surface area contributed by atoms with E-state index in [-0.39, 0.29) is 24.5 Å². The topological polar surface area (TPSA) is 49.4 Å². The number of halogens is 2. The molecule has 0 aromatic carbocycles. The minimum Gasteiger partial charge on any atom is -0.344 e. The smallest absolute Gasteiger partial charge is 0.222 e. The summed E-state index contributed by atoms with van der Waals surface area (Å²) in [5.41, 5.74) is 0.405. The number of ketones is 1. The summed E-state index contributed by atoms with van der Waals surface area (Å²) in [7, 11) is 3.54. The van der Waals surface area contributed by atoms with Crippen molar-refractivity contribution < 1.29 is 9.59 Å². The molecule has 1 N–H and O–H groups in total. The highest BCUT2D eigenvalue weighted by molar-refractivity contribution is 7.20. The van der Waals surface area contributed by atoms with Gasteiger partial charge in [-0.15, -0.1) is 11.3 Å². The second-order valence-electron chi connectivity index (χ2n) is 4.08. The van der Waals surface area contributed by atoms with E-state index < -0.39 is 0 Å². The summed E-state index contributed by atoms with van der Waals surface area (Å²) < 4.78 is 0.858. The van der Waals surface area contributed by atoms with Gasteiger partial charge in [0.05, 0.1) is 4.34 Å². The van der Waals surface area contributed by atoms with Gasteiger partial charge in [0.15, 0.2) is 5.78 Å². The quantitative estimate of drug-likeness (QED) is 0.785. The molecular weight excluding hydrogens is 307 g/mol. The normalized spacial score (nSPS) is 10.5. The van der Waals surface area contributed by atoms with Crippen LogP contribution in [-0.4, -0.2) is 43.8 Å². The fourth-order valence-electron chi connectivity index (χ4n) is 1.48. The maximum Gasteiger partial charge on any atom is 0.222 e. The molecule has 1 heterocycles. The highest BCUT2D eigenvalue weighted by Crippen LogP contribution is 2.32. The van der Waals surface area contributed by atoms with Crippen molar-refractivity contribution >= 4 is 46.2 Å². The van der Waals surface area contributed by atoms with Crippen LogP contribution in [0.4, 0.5) is 0 Å². The Labute approximate surface area is 126 Å². The lowest BCUT2D eigenvalue weighted by Crippen LogP contribution is -2.32. The number of Topliss-reactive ketones (excluding diaryl/α,β-unsaturated/α-hetero) is 1. The molecule has 0 unspecified atom stereocenters. The lowest BCUT2D eigenvalue weighted by Gasteiger charge is -2.16. The third-order valence-electron chi connectivity index (χ3n) is 2.65. The van der Waals surface area contributed by atoms with Gasteiger partial charge in [0, 0.05) is 38.5 Å². The van der Waals surface area contributed by atoms with Crippen LogP contribution >= 0.6 is 34.5 Å². The number of nitrogens with one attached hydrogen (secondary N) is 1. The zero-order chi connectivity index (χ0) is 14.4. The molecule has 0 spiro atoms. The average molecular weight is 323 g/mol. The summed E-state index contributed by atoms with van der Waals surface area (Å²) in [6.07, 6.45) is 0.332. The minimum absolute atomic E-state index is 0.0546. The van der Waals surface area contributed by atoms with Gasteiger partial charge >= 0.3 is 0 Å². The summed E-state index contributed by atoms with van der Waals surface area (Å²) >= 11 is 12.8. The van der Waals surface area contributed by atoms with Crippen LogP contribution in [0.15, 0.2) is 6.07 Å². The van der Waals surface area contributed by atoms with Crippen molar-refractivity contribution in [3.8, 4) is 0 Å². The van der Waals surface area contributed by atoms with Gasteiger partial charge in [-0.25, -0.2) is 0 Å². The number of nitrogens with zero attached hydrogens (tertiary/aromatic N) is 1. The Hall–Kier alpha value is -0.620. The highest BCUT2D eigenvalue weighted by atomic mass is 35.5. The summed E-state index contributed by atoms with van der Waals surface area (Å²) in [4.78, 5) is 25.3. The second-order valence-corrected chi connectivity index (χ2v) is 6.37. The number of likely N-dealkylation sites (N-methyl/N-ethyl adjacent to an activating group) is 2. The van der Waals surface area contributed by atoms with Crippen molar-refractivity contribution in [2.45, 2.75) is 12.8 Å². The van der Waals surface area contributed by atoms with E-state index >= 15 is 0 Å². The molecule has 0 aliphatic carbocycles. The second kappa shape index (κ2) is 7.85. The average Bonchev–Trinajstić information content (AvgIpc) is 2.71. The first-order valence-electron chi connectivity index (χ1n) is 5.82. The van der Waals surface area contributed by atoms with E-state index in [0.29, 0.717) is 20.8 Å². The van der Waals surface area contributed by atoms with Crippen molar-refractivity contribution in [1.82, 2.24) is 10.2 Å². The highest BCUT2D eigenvalue weighted by Gasteiger charge is 2.16. The van der Waals surface area contributed by atoms with E-state index in [0.717, 1.165) is 17.9 Å². The molecule has 0 radical (unpaired) electrons. The Morgan fingerprint density at radius 2 is 2.05 bits per heavy atom. The van der Waals surface area contributed by atoms with Crippen LogP contribution in [-0.2, 0) is 4.79 Å². The predicted molar refractivity (Wildman–Crippen MR) is 79.5 cm³/mol. The largest absolute Gasteiger partial charge is 0.344 e. The lowest BCUT2D eigenvalue weighted by atomic mass is 10.1. The molecule has 4 nitrogen and oxygen atoms in total. The maximum atomic E-state index is 11.9. The van der Waals surface area contributed by atoms with Gasteiger partial charge in [-0.05, 0) is 13.1 Å². The number of carbonyl (C=O) groups is 2. The van der Waals surface area contributed by atoms with Gasteiger partial charge in [-0.3, -0.25) is 9.59 Å². The molecule has 0 atom stereocenters. The number of hydrogen-bond acceptors (Lipinski definition) is 4. The van der Waals surface area contributed by atoms with Gasteiger partial charge in [0.25, 0.3) is 0 Å². The monoisotopic (exact) mass is 322 g/mol. The number of thiophene rings is 1. The molecule has 0 aliphatic rings. The molecule has 1 aromatic heterocycles. The van der Waals surface area contributed by atoms with E-state index in [1.54, 1.807) is 18.0 Å². The summed E-state index contributed by atoms with van der Waals surface area (Å²) in [5.74, 6) is -0.204. The van der Waals surface area contributed by atoms with E-state index in [1.807, 2.05) is 7.05 Å². The molecule has 1 aromatic rings. The van der Waals surface area contributed by atoms with Crippen molar-refractivity contribution in [3.63, 3.8) is 0 Å². The molecule has 1 amide bonds. The number of carbonyl (C=O) groups excluding carboxylic acids is 2. The number of amides is 1. The Morgan fingerprint density at radius 1 is 1.37 bits per heavy atom. The molecule has 0 aliphatic heterocycles. The first-order valence-corrected chi connectivity index (χ1v) is 7.39. The van der Waals surface area contributed by atoms with E-state index in [9.17, 15) is 9.59 Å². The van der Waals surface area contributed by atoms with E-state index in [2.05, 4.69) is 5.32 Å². The van der Waals surface area contributed by atoms with Crippen LogP contribution in [0.5, 0.6) is 0 Å². The first-order chi connectivity index (χ1) is 8.95. The summed E-state index contributed by atoms with van der Waals surface area (Å²) in [6, 6.07) is 1.55. The van der Waals surface area contributed by atoms with Crippen LogP contribution in [0, 0.1) is 0 Å². The summed E-state index contributed by atoms with van der Waals surface area (Å²) in [6.45, 7) is 1.34. The number of rotatable bonds is 7. The molecule has 0 bridgehead atoms. The Morgan fingerprint density at radius 3 is 2.58 bits per heavy atom. The summed E-state index contributed by atoms with van der Waals surface area (Å²) in [5, 5.41) is 2.96. The van der Waals surface area contributed by atoms with Crippen molar-refractivity contribution in [2.75, 3.05) is 27.2 Å². The van der Waals surface area contributed by atoms with E-state index in [1.165, 1.54) is 0 Å².